The third-order valence-corrected chi connectivity index (χ3v) is 2.47. The quantitative estimate of drug-likeness (QED) is 0.481. The molecule has 0 unspecified atom stereocenters. The summed E-state index contributed by atoms with van der Waals surface area (Å²) in [7, 11) is 0. The number of carbonyl (C=O) groups is 1. The molecule has 6 heteroatoms. The fourth-order valence-electron chi connectivity index (χ4n) is 1.78. The molecule has 0 N–H and O–H groups in total. The van der Waals surface area contributed by atoms with Gasteiger partial charge in [-0.3, -0.25) is 4.79 Å². The van der Waals surface area contributed by atoms with Gasteiger partial charge in [-0.1, -0.05) is 24.3 Å². The van der Waals surface area contributed by atoms with Crippen molar-refractivity contribution in [2.45, 2.75) is 0 Å². The van der Waals surface area contributed by atoms with Gasteiger partial charge in [-0.15, -0.1) is 10.2 Å². The van der Waals surface area contributed by atoms with Gasteiger partial charge in [0.15, 0.2) is 0 Å². The molecule has 17 heavy (non-hydrogen) atoms. The summed E-state index contributed by atoms with van der Waals surface area (Å²) in [6, 6.07) is 9.05. The van der Waals surface area contributed by atoms with E-state index in [2.05, 4.69) is 20.6 Å². The van der Waals surface area contributed by atoms with Crippen LogP contribution in [-0.2, 0) is 4.79 Å². The van der Waals surface area contributed by atoms with Crippen LogP contribution >= 0.6 is 0 Å². The van der Waals surface area contributed by atoms with Gasteiger partial charge < -0.3 is 4.74 Å². The summed E-state index contributed by atoms with van der Waals surface area (Å²) in [6.07, 6.45) is 0. The summed E-state index contributed by atoms with van der Waals surface area (Å²) < 4.78 is 4.93. The minimum absolute atomic E-state index is 0.385. The van der Waals surface area contributed by atoms with Crippen molar-refractivity contribution in [1.82, 2.24) is 20.6 Å². The molecule has 0 amide bonds. The molecule has 0 atom stereocenters. The summed E-state index contributed by atoms with van der Waals surface area (Å²) in [6.45, 7) is 0.385. The predicted molar refractivity (Wildman–Crippen MR) is 59.3 cm³/mol. The van der Waals surface area contributed by atoms with E-state index >= 15 is 0 Å². The number of ether oxygens (including phenoxy) is 1. The maximum atomic E-state index is 10.5. The molecule has 0 saturated carbocycles. The highest BCUT2D eigenvalue weighted by Gasteiger charge is 2.09. The van der Waals surface area contributed by atoms with E-state index in [1.807, 2.05) is 24.3 Å². The average Bonchev–Trinajstić information content (AvgIpc) is 2.39. The van der Waals surface area contributed by atoms with Crippen molar-refractivity contribution in [3.05, 3.63) is 30.3 Å². The van der Waals surface area contributed by atoms with E-state index in [0.717, 1.165) is 10.8 Å². The van der Waals surface area contributed by atoms with Crippen LogP contribution in [0.1, 0.15) is 0 Å². The number of fused-ring (bicyclic) bond motifs is 3. The first kappa shape index (κ1) is 9.59. The smallest absolute Gasteiger partial charge is 0.298 e. The Labute approximate surface area is 95.2 Å². The van der Waals surface area contributed by atoms with E-state index in [9.17, 15) is 4.79 Å². The Kier molecular flexibility index (Phi) is 2.11. The van der Waals surface area contributed by atoms with Crippen molar-refractivity contribution < 1.29 is 9.53 Å². The van der Waals surface area contributed by atoms with Gasteiger partial charge in [0.2, 0.25) is 0 Å². The highest BCUT2D eigenvalue weighted by molar-refractivity contribution is 6.06. The van der Waals surface area contributed by atoms with E-state index in [4.69, 9.17) is 4.74 Å². The Morgan fingerprint density at radius 2 is 1.82 bits per heavy atom. The summed E-state index contributed by atoms with van der Waals surface area (Å²) >= 11 is 0. The average molecular weight is 226 g/mol. The Morgan fingerprint density at radius 3 is 2.65 bits per heavy atom. The molecule has 1 heterocycles. The van der Waals surface area contributed by atoms with Crippen LogP contribution in [-0.4, -0.2) is 27.1 Å². The van der Waals surface area contributed by atoms with Crippen molar-refractivity contribution in [3.8, 4) is 5.75 Å². The summed E-state index contributed by atoms with van der Waals surface area (Å²) in [5, 5.41) is 16.4. The molecule has 0 aliphatic rings. The van der Waals surface area contributed by atoms with Crippen LogP contribution < -0.4 is 4.74 Å². The van der Waals surface area contributed by atoms with E-state index in [1.165, 1.54) is 0 Å². The topological polar surface area (TPSA) is 77.9 Å². The van der Waals surface area contributed by atoms with Crippen LogP contribution in [0.2, 0.25) is 0 Å². The minimum Gasteiger partial charge on any atom is -0.428 e. The first-order valence-corrected chi connectivity index (χ1v) is 4.88. The zero-order valence-corrected chi connectivity index (χ0v) is 8.57. The minimum atomic E-state index is 0.385. The third kappa shape index (κ3) is 1.46. The Balaban J connectivity index is 2.49. The molecule has 0 aliphatic heterocycles. The molecule has 0 radical (unpaired) electrons. The molecular formula is C11H6N4O2. The van der Waals surface area contributed by atoms with Crippen molar-refractivity contribution >= 4 is 28.3 Å². The van der Waals surface area contributed by atoms with Gasteiger partial charge in [0, 0.05) is 16.8 Å². The monoisotopic (exact) mass is 226 g/mol. The van der Waals surface area contributed by atoms with Crippen LogP contribution in [0.5, 0.6) is 5.75 Å². The van der Waals surface area contributed by atoms with Crippen molar-refractivity contribution in [2.24, 2.45) is 0 Å². The molecule has 0 spiro atoms. The maximum Gasteiger partial charge on any atom is 0.298 e. The predicted octanol–water partition coefficient (Wildman–Crippen LogP) is 1.11. The van der Waals surface area contributed by atoms with Crippen LogP contribution in [0.25, 0.3) is 21.8 Å². The Bertz CT molecular complexity index is 714. The Hall–Kier alpha value is -2.63. The summed E-state index contributed by atoms with van der Waals surface area (Å²) in [4.78, 5) is 10.5. The molecule has 0 saturated heterocycles. The number of carbonyl (C=O) groups excluding carboxylic acids is 1. The van der Waals surface area contributed by atoms with Gasteiger partial charge in [0.05, 0.1) is 0 Å². The highest BCUT2D eigenvalue weighted by Crippen LogP contribution is 2.30. The van der Waals surface area contributed by atoms with Crippen molar-refractivity contribution in [2.75, 3.05) is 0 Å². The molecule has 0 fully saturated rings. The lowest BCUT2D eigenvalue weighted by atomic mass is 10.1. The number of hydrogen-bond donors (Lipinski definition) is 0. The van der Waals surface area contributed by atoms with Crippen LogP contribution in [0.15, 0.2) is 30.3 Å². The number of hydrogen-bond acceptors (Lipinski definition) is 6. The molecule has 3 rings (SSSR count). The number of benzene rings is 2. The molecule has 3 aromatic rings. The maximum absolute atomic E-state index is 10.5. The molecule has 1 aromatic heterocycles. The fraction of sp³-hybridized carbons (Fsp3) is 0. The van der Waals surface area contributed by atoms with Crippen LogP contribution in [0, 0.1) is 0 Å². The molecule has 2 aromatic carbocycles. The highest BCUT2D eigenvalue weighted by atomic mass is 16.5. The zero-order chi connectivity index (χ0) is 11.7. The van der Waals surface area contributed by atoms with Gasteiger partial charge in [-0.25, -0.2) is 0 Å². The van der Waals surface area contributed by atoms with E-state index in [0.29, 0.717) is 23.3 Å². The number of rotatable bonds is 2. The van der Waals surface area contributed by atoms with Gasteiger partial charge in [-0.2, -0.15) is 0 Å². The second-order valence-electron chi connectivity index (χ2n) is 3.38. The fourth-order valence-corrected chi connectivity index (χ4v) is 1.78. The first-order valence-electron chi connectivity index (χ1n) is 4.88. The lowest BCUT2D eigenvalue weighted by Gasteiger charge is -2.05. The summed E-state index contributed by atoms with van der Waals surface area (Å²) in [5.74, 6) is 0.436. The summed E-state index contributed by atoms with van der Waals surface area (Å²) in [5.41, 5.74) is 1.17. The van der Waals surface area contributed by atoms with Gasteiger partial charge in [0.25, 0.3) is 6.47 Å². The van der Waals surface area contributed by atoms with Crippen molar-refractivity contribution in [1.29, 1.82) is 0 Å². The number of aromatic nitrogens is 4. The van der Waals surface area contributed by atoms with Gasteiger partial charge in [-0.05, 0) is 10.4 Å². The lowest BCUT2D eigenvalue weighted by Crippen LogP contribution is -1.96. The molecular weight excluding hydrogens is 220 g/mol. The largest absolute Gasteiger partial charge is 0.428 e. The normalized spacial score (nSPS) is 10.6. The van der Waals surface area contributed by atoms with E-state index < -0.39 is 0 Å². The standard InChI is InChI=1S/C11H6N4O2/c16-6-17-10-5-9-11(13-15-14-12-9)8-4-2-1-3-7(8)10/h1-6H. The molecule has 0 aliphatic carbocycles. The molecule has 0 bridgehead atoms. The van der Waals surface area contributed by atoms with E-state index in [-0.39, 0.29) is 0 Å². The van der Waals surface area contributed by atoms with Gasteiger partial charge in [0.1, 0.15) is 16.8 Å². The lowest BCUT2D eigenvalue weighted by molar-refractivity contribution is -0.120. The number of nitrogens with zero attached hydrogens (tertiary/aromatic N) is 4. The molecule has 82 valence electrons. The SMILES string of the molecule is O=COc1cc2nnnnc2c2ccccc12. The van der Waals surface area contributed by atoms with E-state index in [1.54, 1.807) is 6.07 Å². The Morgan fingerprint density at radius 1 is 1.06 bits per heavy atom. The second kappa shape index (κ2) is 3.75. The third-order valence-electron chi connectivity index (χ3n) is 2.47. The second-order valence-corrected chi connectivity index (χ2v) is 3.38. The molecule has 6 nitrogen and oxygen atoms in total. The van der Waals surface area contributed by atoms with Crippen LogP contribution in [0.3, 0.4) is 0 Å². The van der Waals surface area contributed by atoms with Crippen molar-refractivity contribution in [3.63, 3.8) is 0 Å². The first-order chi connectivity index (χ1) is 8.40. The van der Waals surface area contributed by atoms with Crippen LogP contribution in [0.4, 0.5) is 0 Å². The zero-order valence-electron chi connectivity index (χ0n) is 8.57. The van der Waals surface area contributed by atoms with Gasteiger partial charge >= 0.3 is 0 Å².